The second kappa shape index (κ2) is 7.17. The quantitative estimate of drug-likeness (QED) is 0.775. The third-order valence-electron chi connectivity index (χ3n) is 5.17. The van der Waals surface area contributed by atoms with Gasteiger partial charge in [-0.1, -0.05) is 18.7 Å². The molecule has 2 atom stereocenters. The molecular weight excluding hydrogens is 396 g/mol. The number of alkyl halides is 2. The number of anilines is 1. The summed E-state index contributed by atoms with van der Waals surface area (Å²) in [5, 5.41) is 12.0. The van der Waals surface area contributed by atoms with Gasteiger partial charge in [-0.05, 0) is 31.5 Å². The lowest BCUT2D eigenvalue weighted by molar-refractivity contribution is -0.120. The van der Waals surface area contributed by atoms with Crippen LogP contribution in [-0.2, 0) is 11.2 Å². The van der Waals surface area contributed by atoms with E-state index in [0.29, 0.717) is 5.70 Å². The number of nitrogens with one attached hydrogen (secondary N) is 1. The molecule has 7 nitrogen and oxygen atoms in total. The van der Waals surface area contributed by atoms with Crippen LogP contribution in [0.4, 0.5) is 14.6 Å². The predicted octanol–water partition coefficient (Wildman–Crippen LogP) is 2.95. The number of fused-ring (bicyclic) bond motifs is 1. The molecule has 2 N–H and O–H groups in total. The molecule has 0 saturated carbocycles. The summed E-state index contributed by atoms with van der Waals surface area (Å²) in [6.45, 7) is 7.45. The van der Waals surface area contributed by atoms with Crippen molar-refractivity contribution in [2.75, 3.05) is 11.9 Å². The van der Waals surface area contributed by atoms with Crippen LogP contribution in [0, 0.1) is 0 Å². The molecule has 30 heavy (non-hydrogen) atoms. The number of hydrogen-bond acceptors (Lipinski definition) is 6. The molecule has 3 heterocycles. The van der Waals surface area contributed by atoms with Crippen LogP contribution in [0.2, 0.25) is 0 Å². The maximum absolute atomic E-state index is 14.1. The first-order valence-electron chi connectivity index (χ1n) is 9.59. The predicted molar refractivity (Wildman–Crippen MR) is 107 cm³/mol. The molecule has 2 unspecified atom stereocenters. The first kappa shape index (κ1) is 20.5. The second-order valence-corrected chi connectivity index (χ2v) is 8.23. The highest BCUT2D eigenvalue weighted by atomic mass is 19.3. The minimum absolute atomic E-state index is 0.169. The third-order valence-corrected chi connectivity index (χ3v) is 5.17. The van der Waals surface area contributed by atoms with Crippen LogP contribution >= 0.6 is 0 Å². The van der Waals surface area contributed by atoms with E-state index in [1.165, 1.54) is 12.3 Å². The summed E-state index contributed by atoms with van der Waals surface area (Å²) in [6, 6.07) is 7.12. The normalized spacial score (nSPS) is 23.6. The average molecular weight is 419 g/mol. The van der Waals surface area contributed by atoms with Crippen LogP contribution in [0.25, 0.3) is 5.70 Å². The average Bonchev–Trinajstić information content (AvgIpc) is 3.14. The number of aliphatic hydroxyl groups is 1. The number of rotatable bonds is 5. The monoisotopic (exact) mass is 419 g/mol. The van der Waals surface area contributed by atoms with Crippen molar-refractivity contribution in [3.05, 3.63) is 58.7 Å². The summed E-state index contributed by atoms with van der Waals surface area (Å²) < 4.78 is 40.1. The van der Waals surface area contributed by atoms with Crippen LogP contribution in [-0.4, -0.2) is 38.9 Å². The van der Waals surface area contributed by atoms with Gasteiger partial charge in [0.25, 0.3) is 5.92 Å². The highest BCUT2D eigenvalue weighted by molar-refractivity contribution is 5.74. The summed E-state index contributed by atoms with van der Waals surface area (Å²) in [7, 11) is 0. The van der Waals surface area contributed by atoms with Gasteiger partial charge in [0.1, 0.15) is 17.2 Å². The smallest absolute Gasteiger partial charge is 0.351 e. The van der Waals surface area contributed by atoms with E-state index in [9.17, 15) is 13.6 Å². The number of benzene rings is 1. The van der Waals surface area contributed by atoms with Crippen molar-refractivity contribution in [1.29, 1.82) is 0 Å². The van der Waals surface area contributed by atoms with E-state index in [1.54, 1.807) is 0 Å². The van der Waals surface area contributed by atoms with E-state index >= 15 is 0 Å². The SMILES string of the molecule is C=C(Nc1ccn(C2OC(CO)CC2(F)F)c(=O)n1)c1ccc2c(c1)OC(C)(C)C2. The molecule has 0 spiro atoms. The Morgan fingerprint density at radius 3 is 2.83 bits per heavy atom. The standard InChI is InChI=1S/C21H23F2N3O4/c1-12(13-4-5-14-9-20(2,3)30-16(14)8-13)24-17-6-7-26(19(28)25-17)18-21(22,23)10-15(11-27)29-18/h4-8,15,18,27H,1,9-11H2,2-3H3,(H,24,25,28). The summed E-state index contributed by atoms with van der Waals surface area (Å²) in [5.41, 5.74) is 1.19. The molecule has 160 valence electrons. The zero-order chi connectivity index (χ0) is 21.7. The first-order chi connectivity index (χ1) is 14.1. The zero-order valence-electron chi connectivity index (χ0n) is 16.7. The van der Waals surface area contributed by atoms with Gasteiger partial charge < -0.3 is 19.9 Å². The minimum Gasteiger partial charge on any atom is -0.487 e. The maximum Gasteiger partial charge on any atom is 0.351 e. The third kappa shape index (κ3) is 3.82. The van der Waals surface area contributed by atoms with E-state index in [2.05, 4.69) is 16.9 Å². The van der Waals surface area contributed by atoms with Crippen LogP contribution in [0.1, 0.15) is 37.6 Å². The maximum atomic E-state index is 14.1. The number of ether oxygens (including phenoxy) is 2. The Hall–Kier alpha value is -2.78. The fraction of sp³-hybridized carbons (Fsp3) is 0.429. The van der Waals surface area contributed by atoms with Gasteiger partial charge in [-0.25, -0.2) is 13.6 Å². The lowest BCUT2D eigenvalue weighted by atomic mass is 10.0. The highest BCUT2D eigenvalue weighted by Gasteiger charge is 2.51. The van der Waals surface area contributed by atoms with Crippen LogP contribution in [0.15, 0.2) is 41.8 Å². The largest absolute Gasteiger partial charge is 0.487 e. The van der Waals surface area contributed by atoms with E-state index in [4.69, 9.17) is 14.6 Å². The van der Waals surface area contributed by atoms with Gasteiger partial charge in [-0.2, -0.15) is 4.98 Å². The van der Waals surface area contributed by atoms with E-state index < -0.39 is 37.0 Å². The van der Waals surface area contributed by atoms with Gasteiger partial charge in [-0.3, -0.25) is 4.57 Å². The minimum atomic E-state index is -3.28. The molecule has 0 amide bonds. The van der Waals surface area contributed by atoms with Crippen molar-refractivity contribution >= 4 is 11.5 Å². The highest BCUT2D eigenvalue weighted by Crippen LogP contribution is 2.41. The molecule has 9 heteroatoms. The molecule has 0 bridgehead atoms. The number of aromatic nitrogens is 2. The van der Waals surface area contributed by atoms with Crippen molar-refractivity contribution in [2.45, 2.75) is 50.5 Å². The molecule has 1 aromatic carbocycles. The van der Waals surface area contributed by atoms with E-state index in [-0.39, 0.29) is 11.4 Å². The fourth-order valence-corrected chi connectivity index (χ4v) is 3.77. The molecule has 1 aromatic heterocycles. The molecular formula is C21H23F2N3O4. The van der Waals surface area contributed by atoms with E-state index in [1.807, 2.05) is 32.0 Å². The second-order valence-electron chi connectivity index (χ2n) is 8.23. The first-order valence-corrected chi connectivity index (χ1v) is 9.59. The molecule has 4 rings (SSSR count). The lowest BCUT2D eigenvalue weighted by Gasteiger charge is -2.20. The lowest BCUT2D eigenvalue weighted by Crippen LogP contribution is -2.35. The number of hydrogen-bond donors (Lipinski definition) is 2. The summed E-state index contributed by atoms with van der Waals surface area (Å²) in [5.74, 6) is -2.33. The van der Waals surface area contributed by atoms with Gasteiger partial charge in [0.2, 0.25) is 6.23 Å². The van der Waals surface area contributed by atoms with Crippen molar-refractivity contribution in [2.24, 2.45) is 0 Å². The van der Waals surface area contributed by atoms with Gasteiger partial charge in [0.15, 0.2) is 0 Å². The Balaban J connectivity index is 1.51. The molecule has 0 aliphatic carbocycles. The number of halogens is 2. The molecule has 2 aliphatic heterocycles. The van der Waals surface area contributed by atoms with Crippen molar-refractivity contribution < 1.29 is 23.4 Å². The zero-order valence-corrected chi connectivity index (χ0v) is 16.7. The Morgan fingerprint density at radius 1 is 1.40 bits per heavy atom. The molecule has 2 aliphatic rings. The fourth-order valence-electron chi connectivity index (χ4n) is 3.77. The van der Waals surface area contributed by atoms with Crippen molar-refractivity contribution in [3.63, 3.8) is 0 Å². The Bertz CT molecular complexity index is 1050. The van der Waals surface area contributed by atoms with Crippen LogP contribution in [0.3, 0.4) is 0 Å². The summed E-state index contributed by atoms with van der Waals surface area (Å²) in [4.78, 5) is 16.2. The molecule has 0 radical (unpaired) electrons. The van der Waals surface area contributed by atoms with E-state index in [0.717, 1.165) is 27.9 Å². The van der Waals surface area contributed by atoms with Gasteiger partial charge in [0.05, 0.1) is 12.7 Å². The Morgan fingerprint density at radius 2 is 2.17 bits per heavy atom. The molecule has 1 saturated heterocycles. The van der Waals surface area contributed by atoms with Crippen LogP contribution < -0.4 is 15.7 Å². The molecule has 1 fully saturated rings. The van der Waals surface area contributed by atoms with Crippen molar-refractivity contribution in [3.8, 4) is 5.75 Å². The summed E-state index contributed by atoms with van der Waals surface area (Å²) in [6.07, 6.45) is -1.48. The number of nitrogens with zero attached hydrogens (tertiary/aromatic N) is 2. The van der Waals surface area contributed by atoms with Gasteiger partial charge in [0, 0.05) is 30.3 Å². The van der Waals surface area contributed by atoms with Crippen LogP contribution in [0.5, 0.6) is 5.75 Å². The number of aliphatic hydroxyl groups excluding tert-OH is 1. The van der Waals surface area contributed by atoms with Gasteiger partial charge >= 0.3 is 5.69 Å². The summed E-state index contributed by atoms with van der Waals surface area (Å²) >= 11 is 0. The van der Waals surface area contributed by atoms with Crippen molar-refractivity contribution in [1.82, 2.24) is 9.55 Å². The Kier molecular flexibility index (Phi) is 4.90. The van der Waals surface area contributed by atoms with Gasteiger partial charge in [-0.15, -0.1) is 0 Å². The molecule has 2 aromatic rings. The topological polar surface area (TPSA) is 85.6 Å². The Labute approximate surface area is 172 Å².